The Bertz CT molecular complexity index is 552. The fourth-order valence-corrected chi connectivity index (χ4v) is 2.32. The molecular weight excluding hydrogens is 270 g/mol. The number of nitrogens with zero attached hydrogens (tertiary/aromatic N) is 2. The number of hydrogen-bond donors (Lipinski definition) is 1. The molecule has 6 heteroatoms. The molecule has 2 aromatic rings. The highest BCUT2D eigenvalue weighted by atomic mass is 16.6. The van der Waals surface area contributed by atoms with E-state index in [1.165, 1.54) is 0 Å². The maximum atomic E-state index is 5.80. The molecule has 0 saturated carbocycles. The van der Waals surface area contributed by atoms with Crippen molar-refractivity contribution in [2.75, 3.05) is 26.4 Å². The zero-order valence-electron chi connectivity index (χ0n) is 12.0. The van der Waals surface area contributed by atoms with Crippen molar-refractivity contribution >= 4 is 0 Å². The molecule has 21 heavy (non-hydrogen) atoms. The molecule has 2 heterocycles. The molecule has 0 spiro atoms. The number of nitrogens with one attached hydrogen (secondary N) is 1. The fourth-order valence-electron chi connectivity index (χ4n) is 2.32. The first-order valence-corrected chi connectivity index (χ1v) is 7.19. The minimum Gasteiger partial charge on any atom is -0.420 e. The van der Waals surface area contributed by atoms with Gasteiger partial charge < -0.3 is 19.2 Å². The number of ether oxygens (including phenoxy) is 2. The van der Waals surface area contributed by atoms with Crippen LogP contribution in [0, 0.1) is 0 Å². The maximum absolute atomic E-state index is 5.80. The van der Waals surface area contributed by atoms with E-state index in [2.05, 4.69) is 15.5 Å². The van der Waals surface area contributed by atoms with Crippen LogP contribution in [0.2, 0.25) is 0 Å². The van der Waals surface area contributed by atoms with E-state index in [-0.39, 0.29) is 12.1 Å². The van der Waals surface area contributed by atoms with E-state index in [1.54, 1.807) is 0 Å². The summed E-state index contributed by atoms with van der Waals surface area (Å²) in [6, 6.07) is 9.94. The minimum atomic E-state index is -0.266. The lowest BCUT2D eigenvalue weighted by atomic mass is 10.1. The van der Waals surface area contributed by atoms with Crippen molar-refractivity contribution in [1.82, 2.24) is 15.5 Å². The van der Waals surface area contributed by atoms with Crippen LogP contribution >= 0.6 is 0 Å². The van der Waals surface area contributed by atoms with Crippen molar-refractivity contribution in [2.24, 2.45) is 0 Å². The van der Waals surface area contributed by atoms with Gasteiger partial charge in [-0.25, -0.2) is 0 Å². The third kappa shape index (κ3) is 3.29. The highest BCUT2D eigenvalue weighted by molar-refractivity contribution is 5.23. The second-order valence-corrected chi connectivity index (χ2v) is 4.81. The summed E-state index contributed by atoms with van der Waals surface area (Å²) >= 11 is 0. The summed E-state index contributed by atoms with van der Waals surface area (Å²) in [5.74, 6) is 1.02. The molecule has 1 N–H and O–H groups in total. The highest BCUT2D eigenvalue weighted by Crippen LogP contribution is 2.25. The summed E-state index contributed by atoms with van der Waals surface area (Å²) in [6.45, 7) is 4.48. The molecule has 1 saturated heterocycles. The van der Waals surface area contributed by atoms with E-state index in [9.17, 15) is 0 Å². The molecule has 3 rings (SSSR count). The van der Waals surface area contributed by atoms with Crippen molar-refractivity contribution < 1.29 is 13.9 Å². The summed E-state index contributed by atoms with van der Waals surface area (Å²) in [7, 11) is 0. The number of hydrogen-bond acceptors (Lipinski definition) is 6. The van der Waals surface area contributed by atoms with Crippen molar-refractivity contribution in [3.05, 3.63) is 47.7 Å². The molecule has 6 nitrogen and oxygen atoms in total. The van der Waals surface area contributed by atoms with Gasteiger partial charge in [0.25, 0.3) is 0 Å². The first-order chi connectivity index (χ1) is 10.4. The average Bonchev–Trinajstić information content (AvgIpc) is 3.04. The molecule has 0 amide bonds. The molecule has 1 aliphatic heterocycles. The molecule has 1 fully saturated rings. The first-order valence-electron chi connectivity index (χ1n) is 7.19. The Morgan fingerprint density at radius 3 is 2.81 bits per heavy atom. The normalized spacial score (nSPS) is 20.3. The van der Waals surface area contributed by atoms with Crippen LogP contribution in [0.5, 0.6) is 0 Å². The average molecular weight is 289 g/mol. The Labute approximate surface area is 123 Å². The van der Waals surface area contributed by atoms with E-state index in [4.69, 9.17) is 13.9 Å². The zero-order chi connectivity index (χ0) is 14.5. The molecule has 1 aromatic carbocycles. The van der Waals surface area contributed by atoms with Gasteiger partial charge in [-0.05, 0) is 12.1 Å². The molecule has 112 valence electrons. The quantitative estimate of drug-likeness (QED) is 0.906. The Kier molecular flexibility index (Phi) is 4.59. The van der Waals surface area contributed by atoms with Gasteiger partial charge in [0, 0.05) is 0 Å². The van der Waals surface area contributed by atoms with Crippen LogP contribution in [0.15, 0.2) is 34.7 Å². The predicted octanol–water partition coefficient (Wildman–Crippen LogP) is 1.86. The third-order valence-corrected chi connectivity index (χ3v) is 3.34. The van der Waals surface area contributed by atoms with Gasteiger partial charge in [-0.15, -0.1) is 10.2 Å². The lowest BCUT2D eigenvalue weighted by Crippen LogP contribution is -2.22. The van der Waals surface area contributed by atoms with Gasteiger partial charge in [0.15, 0.2) is 6.10 Å². The summed E-state index contributed by atoms with van der Waals surface area (Å²) in [5.41, 5.74) is 1.09. The van der Waals surface area contributed by atoms with Gasteiger partial charge in [-0.3, -0.25) is 0 Å². The lowest BCUT2D eigenvalue weighted by Gasteiger charge is -2.19. The Hall–Kier alpha value is -1.76. The minimum absolute atomic E-state index is 0.109. The zero-order valence-corrected chi connectivity index (χ0v) is 12.0. The Balaban J connectivity index is 1.81. The van der Waals surface area contributed by atoms with Gasteiger partial charge in [0.1, 0.15) is 6.04 Å². The van der Waals surface area contributed by atoms with Crippen molar-refractivity contribution in [2.45, 2.75) is 19.1 Å². The lowest BCUT2D eigenvalue weighted by molar-refractivity contribution is -0.0999. The number of rotatable bonds is 5. The molecule has 2 unspecified atom stereocenters. The molecule has 1 aliphatic rings. The van der Waals surface area contributed by atoms with Crippen LogP contribution in [0.4, 0.5) is 0 Å². The van der Waals surface area contributed by atoms with Crippen molar-refractivity contribution in [3.63, 3.8) is 0 Å². The maximum Gasteiger partial charge on any atom is 0.247 e. The van der Waals surface area contributed by atoms with Crippen LogP contribution in [0.3, 0.4) is 0 Å². The van der Waals surface area contributed by atoms with Crippen LogP contribution in [-0.4, -0.2) is 36.6 Å². The molecule has 0 radical (unpaired) electrons. The van der Waals surface area contributed by atoms with Gasteiger partial charge in [0.05, 0.1) is 19.8 Å². The highest BCUT2D eigenvalue weighted by Gasteiger charge is 2.26. The van der Waals surface area contributed by atoms with E-state index in [0.29, 0.717) is 31.6 Å². The third-order valence-electron chi connectivity index (χ3n) is 3.34. The summed E-state index contributed by atoms with van der Waals surface area (Å²) < 4.78 is 16.8. The number of aromatic nitrogens is 2. The van der Waals surface area contributed by atoms with Gasteiger partial charge >= 0.3 is 0 Å². The van der Waals surface area contributed by atoms with Crippen LogP contribution in [0.25, 0.3) is 0 Å². The topological polar surface area (TPSA) is 69.4 Å². The van der Waals surface area contributed by atoms with Crippen LogP contribution in [-0.2, 0) is 9.47 Å². The Morgan fingerprint density at radius 2 is 2.10 bits per heavy atom. The molecular formula is C15H19N3O3. The van der Waals surface area contributed by atoms with Gasteiger partial charge in [-0.1, -0.05) is 37.3 Å². The van der Waals surface area contributed by atoms with Gasteiger partial charge in [-0.2, -0.15) is 0 Å². The van der Waals surface area contributed by atoms with Crippen molar-refractivity contribution in [3.8, 4) is 0 Å². The second kappa shape index (κ2) is 6.80. The van der Waals surface area contributed by atoms with E-state index in [1.807, 2.05) is 37.3 Å². The SMILES string of the molecule is CCNC(c1ccccc1)c1nnc(C2COCCO2)o1. The summed E-state index contributed by atoms with van der Waals surface area (Å²) in [5, 5.41) is 11.6. The molecule has 2 atom stereocenters. The largest absolute Gasteiger partial charge is 0.420 e. The van der Waals surface area contributed by atoms with E-state index >= 15 is 0 Å². The van der Waals surface area contributed by atoms with Crippen molar-refractivity contribution in [1.29, 1.82) is 0 Å². The molecule has 1 aromatic heterocycles. The van der Waals surface area contributed by atoms with Crippen LogP contribution in [0.1, 0.15) is 36.4 Å². The second-order valence-electron chi connectivity index (χ2n) is 4.81. The van der Waals surface area contributed by atoms with Gasteiger partial charge in [0.2, 0.25) is 11.8 Å². The monoisotopic (exact) mass is 289 g/mol. The fraction of sp³-hybridized carbons (Fsp3) is 0.467. The smallest absolute Gasteiger partial charge is 0.247 e. The molecule has 0 bridgehead atoms. The predicted molar refractivity (Wildman–Crippen MR) is 75.8 cm³/mol. The van der Waals surface area contributed by atoms with Crippen LogP contribution < -0.4 is 5.32 Å². The standard InChI is InChI=1S/C15H19N3O3/c1-2-16-13(11-6-4-3-5-7-11)15-18-17-14(21-15)12-10-19-8-9-20-12/h3-7,12-13,16H,2,8-10H2,1H3. The van der Waals surface area contributed by atoms with E-state index < -0.39 is 0 Å². The molecule has 0 aliphatic carbocycles. The summed E-state index contributed by atoms with van der Waals surface area (Å²) in [6.07, 6.45) is -0.266. The first kappa shape index (κ1) is 14.2. The van der Waals surface area contributed by atoms with E-state index in [0.717, 1.165) is 12.1 Å². The Morgan fingerprint density at radius 1 is 1.24 bits per heavy atom. The number of benzene rings is 1. The summed E-state index contributed by atoms with van der Waals surface area (Å²) in [4.78, 5) is 0.